The molecule has 2 aromatic rings. The predicted molar refractivity (Wildman–Crippen MR) is 121 cm³/mol. The maximum atomic E-state index is 13.4. The van der Waals surface area contributed by atoms with Crippen molar-refractivity contribution in [3.8, 4) is 0 Å². The van der Waals surface area contributed by atoms with Gasteiger partial charge in [0.15, 0.2) is 0 Å². The van der Waals surface area contributed by atoms with Crippen LogP contribution in [-0.4, -0.2) is 72.4 Å². The topological polar surface area (TPSA) is 109 Å². The second-order valence-electron chi connectivity index (χ2n) is 8.80. The molecule has 2 amide bonds. The van der Waals surface area contributed by atoms with Crippen LogP contribution in [-0.2, 0) is 19.6 Å². The molecule has 9 nitrogen and oxygen atoms in total. The molecular formula is C22H30N4O5S. The van der Waals surface area contributed by atoms with Gasteiger partial charge >= 0.3 is 6.09 Å². The molecule has 1 saturated heterocycles. The minimum atomic E-state index is -3.74. The Hall–Kier alpha value is -2.72. The number of benzene rings is 1. The Morgan fingerprint density at radius 1 is 1.12 bits per heavy atom. The number of hydrogen-bond acceptors (Lipinski definition) is 6. The zero-order chi connectivity index (χ0) is 23.5. The van der Waals surface area contributed by atoms with Crippen LogP contribution >= 0.6 is 0 Å². The molecule has 1 N–H and O–H groups in total. The molecule has 0 unspecified atom stereocenters. The quantitative estimate of drug-likeness (QED) is 0.747. The van der Waals surface area contributed by atoms with E-state index in [1.165, 1.54) is 4.31 Å². The highest BCUT2D eigenvalue weighted by Crippen LogP contribution is 2.26. The van der Waals surface area contributed by atoms with Crippen molar-refractivity contribution in [2.45, 2.75) is 50.7 Å². The van der Waals surface area contributed by atoms with Gasteiger partial charge in [-0.05, 0) is 46.2 Å². The number of aromatic nitrogens is 1. The van der Waals surface area contributed by atoms with E-state index in [1.54, 1.807) is 63.2 Å². The second-order valence-corrected chi connectivity index (χ2v) is 10.7. The number of nitrogens with zero attached hydrogens (tertiary/aromatic N) is 3. The molecule has 1 aliphatic rings. The number of fused-ring (bicyclic) bond motifs is 1. The molecule has 174 valence electrons. The predicted octanol–water partition coefficient (Wildman–Crippen LogP) is 2.37. The van der Waals surface area contributed by atoms with Crippen LogP contribution in [0.25, 0.3) is 10.8 Å². The van der Waals surface area contributed by atoms with E-state index >= 15 is 0 Å². The first-order valence-corrected chi connectivity index (χ1v) is 12.0. The van der Waals surface area contributed by atoms with E-state index in [0.29, 0.717) is 24.9 Å². The van der Waals surface area contributed by atoms with Crippen molar-refractivity contribution in [3.63, 3.8) is 0 Å². The largest absolute Gasteiger partial charge is 0.444 e. The lowest BCUT2D eigenvalue weighted by Crippen LogP contribution is -2.49. The molecule has 1 aromatic carbocycles. The van der Waals surface area contributed by atoms with Crippen molar-refractivity contribution < 1.29 is 22.7 Å². The van der Waals surface area contributed by atoms with E-state index < -0.39 is 27.8 Å². The smallest absolute Gasteiger partial charge is 0.408 e. The molecule has 0 bridgehead atoms. The highest BCUT2D eigenvalue weighted by molar-refractivity contribution is 7.89. The van der Waals surface area contributed by atoms with E-state index in [-0.39, 0.29) is 23.9 Å². The molecule has 32 heavy (non-hydrogen) atoms. The molecule has 1 atom stereocenters. The van der Waals surface area contributed by atoms with Crippen LogP contribution in [0.1, 0.15) is 34.1 Å². The normalized spacial score (nSPS) is 16.9. The Labute approximate surface area is 188 Å². The van der Waals surface area contributed by atoms with Gasteiger partial charge in [-0.3, -0.25) is 9.78 Å². The average Bonchev–Trinajstić information content (AvgIpc) is 2.98. The number of alkyl carbamates (subject to hydrolysis) is 1. The third-order valence-electron chi connectivity index (χ3n) is 5.13. The third-order valence-corrected chi connectivity index (χ3v) is 7.09. The maximum Gasteiger partial charge on any atom is 0.408 e. The number of rotatable bonds is 4. The van der Waals surface area contributed by atoms with E-state index in [1.807, 2.05) is 6.07 Å². The molecule has 1 aromatic heterocycles. The van der Waals surface area contributed by atoms with E-state index in [2.05, 4.69) is 10.3 Å². The zero-order valence-electron chi connectivity index (χ0n) is 18.9. The SMILES string of the molecule is C[C@H](NC(=O)OC(C)(C)C)C(=O)N1CCCN(S(=O)(=O)c2cccc3cnccc23)CC1. The highest BCUT2D eigenvalue weighted by Gasteiger charge is 2.31. The summed E-state index contributed by atoms with van der Waals surface area (Å²) >= 11 is 0. The van der Waals surface area contributed by atoms with Crippen molar-refractivity contribution in [2.75, 3.05) is 26.2 Å². The summed E-state index contributed by atoms with van der Waals surface area (Å²) in [5.41, 5.74) is -0.665. The average molecular weight is 463 g/mol. The van der Waals surface area contributed by atoms with E-state index in [9.17, 15) is 18.0 Å². The molecule has 2 heterocycles. The number of pyridine rings is 1. The van der Waals surface area contributed by atoms with Gasteiger partial charge in [0.25, 0.3) is 0 Å². The fourth-order valence-electron chi connectivity index (χ4n) is 3.63. The van der Waals surface area contributed by atoms with Gasteiger partial charge in [-0.1, -0.05) is 12.1 Å². The lowest BCUT2D eigenvalue weighted by atomic mass is 10.2. The number of carbonyl (C=O) groups is 2. The summed E-state index contributed by atoms with van der Waals surface area (Å²) in [5.74, 6) is -0.272. The first kappa shape index (κ1) is 23.9. The van der Waals surface area contributed by atoms with Crippen LogP contribution in [0.3, 0.4) is 0 Å². The number of hydrogen-bond donors (Lipinski definition) is 1. The highest BCUT2D eigenvalue weighted by atomic mass is 32.2. The molecule has 0 aliphatic carbocycles. The summed E-state index contributed by atoms with van der Waals surface area (Å²) in [6.07, 6.45) is 3.04. The molecule has 0 saturated carbocycles. The zero-order valence-corrected chi connectivity index (χ0v) is 19.7. The van der Waals surface area contributed by atoms with Gasteiger partial charge in [-0.25, -0.2) is 13.2 Å². The first-order valence-electron chi connectivity index (χ1n) is 10.6. The lowest BCUT2D eigenvalue weighted by Gasteiger charge is -2.26. The van der Waals surface area contributed by atoms with Gasteiger partial charge < -0.3 is 15.0 Å². The second kappa shape index (κ2) is 9.41. The fraction of sp³-hybridized carbons (Fsp3) is 0.500. The van der Waals surface area contributed by atoms with Gasteiger partial charge in [0.05, 0.1) is 4.90 Å². The molecule has 0 spiro atoms. The summed E-state index contributed by atoms with van der Waals surface area (Å²) in [4.78, 5) is 30.7. The number of amides is 2. The summed E-state index contributed by atoms with van der Waals surface area (Å²) in [6, 6.07) is 6.04. The Morgan fingerprint density at radius 3 is 2.59 bits per heavy atom. The van der Waals surface area contributed by atoms with Crippen LogP contribution < -0.4 is 5.32 Å². The molecule has 3 rings (SSSR count). The van der Waals surface area contributed by atoms with Crippen molar-refractivity contribution in [2.24, 2.45) is 0 Å². The molecular weight excluding hydrogens is 432 g/mol. The van der Waals surface area contributed by atoms with Crippen molar-refractivity contribution in [1.82, 2.24) is 19.5 Å². The fourth-order valence-corrected chi connectivity index (χ4v) is 5.32. The summed E-state index contributed by atoms with van der Waals surface area (Å²) in [6.45, 7) is 7.96. The molecule has 1 fully saturated rings. The Morgan fingerprint density at radius 2 is 1.88 bits per heavy atom. The molecule has 10 heteroatoms. The molecule has 1 aliphatic heterocycles. The van der Waals surface area contributed by atoms with E-state index in [0.717, 1.165) is 5.39 Å². The van der Waals surface area contributed by atoms with Crippen LogP contribution in [0.15, 0.2) is 41.6 Å². The minimum absolute atomic E-state index is 0.175. The molecule has 0 radical (unpaired) electrons. The summed E-state index contributed by atoms with van der Waals surface area (Å²) < 4.78 is 33.4. The summed E-state index contributed by atoms with van der Waals surface area (Å²) in [7, 11) is -3.74. The van der Waals surface area contributed by atoms with Crippen LogP contribution in [0.5, 0.6) is 0 Å². The van der Waals surface area contributed by atoms with Gasteiger partial charge in [0, 0.05) is 49.3 Å². The van der Waals surface area contributed by atoms with Crippen molar-refractivity contribution in [1.29, 1.82) is 0 Å². The standard InChI is InChI=1S/C22H30N4O5S/c1-16(24-21(28)31-22(2,3)4)20(27)25-11-6-12-26(14-13-25)32(29,30)19-8-5-7-17-15-23-10-9-18(17)19/h5,7-10,15-16H,6,11-14H2,1-4H3,(H,24,28)/t16-/m0/s1. The first-order chi connectivity index (χ1) is 15.0. The monoisotopic (exact) mass is 462 g/mol. The van der Waals surface area contributed by atoms with Gasteiger partial charge in [-0.15, -0.1) is 0 Å². The third kappa shape index (κ3) is 5.55. The van der Waals surface area contributed by atoms with Crippen molar-refractivity contribution in [3.05, 3.63) is 36.7 Å². The Kier molecular flexibility index (Phi) is 7.04. The number of nitrogens with one attached hydrogen (secondary N) is 1. The Balaban J connectivity index is 1.69. The lowest BCUT2D eigenvalue weighted by molar-refractivity contribution is -0.132. The number of sulfonamides is 1. The number of ether oxygens (including phenoxy) is 1. The van der Waals surface area contributed by atoms with Crippen LogP contribution in [0, 0.1) is 0 Å². The van der Waals surface area contributed by atoms with Gasteiger partial charge in [0.1, 0.15) is 11.6 Å². The van der Waals surface area contributed by atoms with Crippen molar-refractivity contribution >= 4 is 32.8 Å². The van der Waals surface area contributed by atoms with Crippen LogP contribution in [0.2, 0.25) is 0 Å². The number of carbonyl (C=O) groups excluding carboxylic acids is 2. The maximum absolute atomic E-state index is 13.4. The van der Waals surface area contributed by atoms with E-state index in [4.69, 9.17) is 4.74 Å². The minimum Gasteiger partial charge on any atom is -0.444 e. The Bertz CT molecular complexity index is 1090. The van der Waals surface area contributed by atoms with Gasteiger partial charge in [0.2, 0.25) is 15.9 Å². The van der Waals surface area contributed by atoms with Crippen LogP contribution in [0.4, 0.5) is 4.79 Å². The summed E-state index contributed by atoms with van der Waals surface area (Å²) in [5, 5.41) is 3.92. The van der Waals surface area contributed by atoms with Gasteiger partial charge in [-0.2, -0.15) is 4.31 Å².